The summed E-state index contributed by atoms with van der Waals surface area (Å²) in [4.78, 5) is 2.33. The van der Waals surface area contributed by atoms with Gasteiger partial charge in [-0.25, -0.2) is 0 Å². The normalized spacial score (nSPS) is 19.4. The van der Waals surface area contributed by atoms with E-state index < -0.39 is 0 Å². The molecule has 0 atom stereocenters. The summed E-state index contributed by atoms with van der Waals surface area (Å²) in [6.07, 6.45) is 19.7. The fraction of sp³-hybridized carbons (Fsp3) is 0.184. The summed E-state index contributed by atoms with van der Waals surface area (Å²) in [6, 6.07) is 40.0. The second-order valence-electron chi connectivity index (χ2n) is 14.5. The highest BCUT2D eigenvalue weighted by molar-refractivity contribution is 5.97. The van der Waals surface area contributed by atoms with Crippen LogP contribution < -0.4 is 4.90 Å². The lowest BCUT2D eigenvalue weighted by Gasteiger charge is -2.31. The fourth-order valence-electron chi connectivity index (χ4n) is 8.00. The first-order valence-corrected chi connectivity index (χ1v) is 17.9. The molecule has 0 saturated carbocycles. The van der Waals surface area contributed by atoms with Gasteiger partial charge in [0.1, 0.15) is 0 Å². The van der Waals surface area contributed by atoms with Gasteiger partial charge in [0.25, 0.3) is 0 Å². The van der Waals surface area contributed by atoms with Gasteiger partial charge in [0.15, 0.2) is 0 Å². The zero-order valence-electron chi connectivity index (χ0n) is 30.1. The first kappa shape index (κ1) is 33.1. The van der Waals surface area contributed by atoms with E-state index in [9.17, 15) is 0 Å². The zero-order valence-corrected chi connectivity index (χ0v) is 30.1. The van der Waals surface area contributed by atoms with E-state index in [1.54, 1.807) is 0 Å². The van der Waals surface area contributed by atoms with Gasteiger partial charge in [-0.1, -0.05) is 162 Å². The average molecular weight is 650 g/mol. The summed E-state index contributed by atoms with van der Waals surface area (Å²) >= 11 is 0. The van der Waals surface area contributed by atoms with Crippen molar-refractivity contribution in [1.29, 1.82) is 0 Å². The number of nitrogens with zero attached hydrogens (tertiary/aromatic N) is 1. The quantitative estimate of drug-likeness (QED) is 0.183. The number of hydrogen-bond donors (Lipinski definition) is 0. The molecule has 7 rings (SSSR count). The molecule has 0 radical (unpaired) electrons. The van der Waals surface area contributed by atoms with E-state index in [1.807, 2.05) is 0 Å². The molecule has 0 aliphatic heterocycles. The highest BCUT2D eigenvalue weighted by atomic mass is 15.1. The van der Waals surface area contributed by atoms with Gasteiger partial charge in [0, 0.05) is 28.1 Å². The summed E-state index contributed by atoms with van der Waals surface area (Å²) < 4.78 is 0. The standard InChI is InChI=1S/C49H47N/c1-7-44-42(43-24-14-15-27-46(43)49(44,5)6)26-18-34-50(47-29-16-21-36-20-12-13-22-40(36)47)38-32-30-37(31-33-38)39-25-17-28-45-41(39)23-11-9-8-10-19-35(2)48(45,3)4/h7-10,12-22,24-34H,2,11,23H2,1,3-6H3/b9-8-,19-10-,34-18+,42-26-,44-7+. The van der Waals surface area contributed by atoms with Crippen molar-refractivity contribution in [2.75, 3.05) is 4.90 Å². The maximum Gasteiger partial charge on any atom is 0.0533 e. The molecule has 50 heavy (non-hydrogen) atoms. The lowest BCUT2D eigenvalue weighted by Crippen LogP contribution is -2.21. The number of allylic oxidation sites excluding steroid dienone is 10. The number of fused-ring (bicyclic) bond motifs is 3. The van der Waals surface area contributed by atoms with E-state index in [1.165, 1.54) is 55.3 Å². The number of benzene rings is 5. The van der Waals surface area contributed by atoms with Gasteiger partial charge in [0.05, 0.1) is 5.69 Å². The van der Waals surface area contributed by atoms with E-state index in [0.717, 1.165) is 29.8 Å². The van der Waals surface area contributed by atoms with Crippen LogP contribution in [0.2, 0.25) is 0 Å². The Labute approximate surface area is 299 Å². The van der Waals surface area contributed by atoms with Crippen molar-refractivity contribution in [3.63, 3.8) is 0 Å². The Morgan fingerprint density at radius 2 is 1.40 bits per heavy atom. The Bertz CT molecular complexity index is 2220. The minimum atomic E-state index is -0.167. The molecule has 0 bridgehead atoms. The molecule has 248 valence electrons. The van der Waals surface area contributed by atoms with Crippen LogP contribution in [-0.4, -0.2) is 0 Å². The Hall–Kier alpha value is -5.40. The Morgan fingerprint density at radius 1 is 0.700 bits per heavy atom. The molecule has 0 unspecified atom stereocenters. The Kier molecular flexibility index (Phi) is 8.93. The van der Waals surface area contributed by atoms with Crippen LogP contribution in [-0.2, 0) is 17.3 Å². The topological polar surface area (TPSA) is 3.24 Å². The molecule has 0 N–H and O–H groups in total. The molecular formula is C49H47N. The van der Waals surface area contributed by atoms with Gasteiger partial charge in [-0.3, -0.25) is 0 Å². The fourth-order valence-corrected chi connectivity index (χ4v) is 8.00. The SMILES string of the molecule is C=C1/C=C\C=C/CCc2c(-c3ccc(N(/C=C/C=C4\C(=C/C)C(C)(C)c5ccccc54)c4cccc5ccccc45)cc3)cccc2C1(C)C. The van der Waals surface area contributed by atoms with Crippen LogP contribution >= 0.6 is 0 Å². The summed E-state index contributed by atoms with van der Waals surface area (Å²) in [7, 11) is 0. The largest absolute Gasteiger partial charge is 0.317 e. The first-order chi connectivity index (χ1) is 24.2. The maximum absolute atomic E-state index is 4.46. The highest BCUT2D eigenvalue weighted by Crippen LogP contribution is 2.49. The highest BCUT2D eigenvalue weighted by Gasteiger charge is 2.37. The maximum atomic E-state index is 4.46. The minimum absolute atomic E-state index is 0.0290. The molecule has 5 aromatic rings. The molecule has 0 amide bonds. The number of anilines is 2. The van der Waals surface area contributed by atoms with E-state index in [2.05, 4.69) is 204 Å². The third-order valence-electron chi connectivity index (χ3n) is 10.9. The number of rotatable bonds is 5. The van der Waals surface area contributed by atoms with Crippen LogP contribution in [0.1, 0.15) is 63.3 Å². The molecule has 2 aliphatic rings. The third kappa shape index (κ3) is 5.92. The predicted octanol–water partition coefficient (Wildman–Crippen LogP) is 13.4. The smallest absolute Gasteiger partial charge is 0.0533 e. The summed E-state index contributed by atoms with van der Waals surface area (Å²) in [5.74, 6) is 0. The van der Waals surface area contributed by atoms with Gasteiger partial charge in [-0.15, -0.1) is 0 Å². The summed E-state index contributed by atoms with van der Waals surface area (Å²) in [6.45, 7) is 15.9. The average Bonchev–Trinajstić information content (AvgIpc) is 3.35. The van der Waals surface area contributed by atoms with Crippen LogP contribution in [0.3, 0.4) is 0 Å². The molecule has 0 fully saturated rings. The zero-order chi connectivity index (χ0) is 34.9. The van der Waals surface area contributed by atoms with E-state index in [-0.39, 0.29) is 10.8 Å². The predicted molar refractivity (Wildman–Crippen MR) is 217 cm³/mol. The summed E-state index contributed by atoms with van der Waals surface area (Å²) in [5, 5.41) is 2.45. The van der Waals surface area contributed by atoms with E-state index >= 15 is 0 Å². The molecule has 2 aliphatic carbocycles. The van der Waals surface area contributed by atoms with Crippen LogP contribution in [0.4, 0.5) is 11.4 Å². The lowest BCUT2D eigenvalue weighted by molar-refractivity contribution is 0.631. The second kappa shape index (κ2) is 13.5. The lowest BCUT2D eigenvalue weighted by atomic mass is 9.73. The molecular weight excluding hydrogens is 603 g/mol. The van der Waals surface area contributed by atoms with Gasteiger partial charge < -0.3 is 4.90 Å². The van der Waals surface area contributed by atoms with Crippen molar-refractivity contribution < 1.29 is 0 Å². The van der Waals surface area contributed by atoms with Crippen LogP contribution in [0.15, 0.2) is 176 Å². The molecule has 1 heteroatoms. The Morgan fingerprint density at radius 3 is 2.22 bits per heavy atom. The van der Waals surface area contributed by atoms with Crippen molar-refractivity contribution >= 4 is 27.7 Å². The second-order valence-corrected chi connectivity index (χ2v) is 14.5. The van der Waals surface area contributed by atoms with Gasteiger partial charge in [-0.2, -0.15) is 0 Å². The van der Waals surface area contributed by atoms with Crippen LogP contribution in [0.5, 0.6) is 0 Å². The van der Waals surface area contributed by atoms with Gasteiger partial charge in [-0.05, 0) is 99.5 Å². The van der Waals surface area contributed by atoms with Crippen LogP contribution in [0, 0.1) is 0 Å². The van der Waals surface area contributed by atoms with E-state index in [0.29, 0.717) is 0 Å². The van der Waals surface area contributed by atoms with Crippen molar-refractivity contribution in [1.82, 2.24) is 0 Å². The third-order valence-corrected chi connectivity index (χ3v) is 10.9. The Balaban J connectivity index is 1.31. The van der Waals surface area contributed by atoms with Gasteiger partial charge in [0.2, 0.25) is 0 Å². The van der Waals surface area contributed by atoms with Crippen molar-refractivity contribution in [2.24, 2.45) is 0 Å². The molecule has 0 spiro atoms. The van der Waals surface area contributed by atoms with E-state index in [4.69, 9.17) is 0 Å². The minimum Gasteiger partial charge on any atom is -0.317 e. The first-order valence-electron chi connectivity index (χ1n) is 17.9. The van der Waals surface area contributed by atoms with Gasteiger partial charge >= 0.3 is 0 Å². The molecule has 0 aromatic heterocycles. The van der Waals surface area contributed by atoms with Crippen LogP contribution in [0.25, 0.3) is 27.5 Å². The number of hydrogen-bond acceptors (Lipinski definition) is 1. The summed E-state index contributed by atoms with van der Waals surface area (Å²) in [5.41, 5.74) is 13.8. The molecule has 0 saturated heterocycles. The van der Waals surface area contributed by atoms with Crippen molar-refractivity contribution in [3.8, 4) is 11.1 Å². The molecule has 0 heterocycles. The van der Waals surface area contributed by atoms with Crippen molar-refractivity contribution in [2.45, 2.75) is 58.3 Å². The monoisotopic (exact) mass is 649 g/mol. The van der Waals surface area contributed by atoms with Crippen molar-refractivity contribution in [3.05, 3.63) is 198 Å². The molecule has 5 aromatic carbocycles. The molecule has 1 nitrogen and oxygen atoms in total.